The van der Waals surface area contributed by atoms with E-state index in [1.807, 2.05) is 18.7 Å². The molecule has 1 aromatic rings. The first-order valence-corrected chi connectivity index (χ1v) is 5.99. The van der Waals surface area contributed by atoms with E-state index < -0.39 is 0 Å². The zero-order chi connectivity index (χ0) is 12.1. The Balaban J connectivity index is 2.84. The van der Waals surface area contributed by atoms with E-state index in [4.69, 9.17) is 0 Å². The van der Waals surface area contributed by atoms with Gasteiger partial charge in [0.05, 0.1) is 17.4 Å². The van der Waals surface area contributed by atoms with Crippen LogP contribution in [0.5, 0.6) is 0 Å². The van der Waals surface area contributed by atoms with Crippen LogP contribution in [0.15, 0.2) is 18.2 Å². The molecule has 1 atom stereocenters. The second-order valence-corrected chi connectivity index (χ2v) is 4.25. The minimum atomic E-state index is 0.337. The summed E-state index contributed by atoms with van der Waals surface area (Å²) in [6, 6.07) is 2.49. The van der Waals surface area contributed by atoms with E-state index in [-0.39, 0.29) is 0 Å². The van der Waals surface area contributed by atoms with Crippen LogP contribution in [0.2, 0.25) is 0 Å². The van der Waals surface area contributed by atoms with Crippen LogP contribution >= 0.6 is 0 Å². The van der Waals surface area contributed by atoms with Gasteiger partial charge in [-0.05, 0) is 32.4 Å². The van der Waals surface area contributed by atoms with Crippen LogP contribution in [0, 0.1) is 6.92 Å². The van der Waals surface area contributed by atoms with Gasteiger partial charge in [-0.2, -0.15) is 5.10 Å². The number of hydrogen-bond donors (Lipinski definition) is 1. The Kier molecular flexibility index (Phi) is 4.74. The first-order chi connectivity index (χ1) is 7.58. The molecule has 0 aromatic carbocycles. The van der Waals surface area contributed by atoms with Crippen LogP contribution in [0.3, 0.4) is 0 Å². The number of rotatable bonds is 6. The molecule has 0 aliphatic rings. The fourth-order valence-electron chi connectivity index (χ4n) is 1.92. The number of aryl methyl sites for hydroxylation is 2. The standard InChI is InChI=1S/C13H23N3/c1-6-10(3)8-12(14-7-2)13-9-11(4)15-16(13)5/h9,12,14H,3,6-8H2,1-2,4-5H3. The fraction of sp³-hybridized carbons (Fsp3) is 0.615. The maximum Gasteiger partial charge on any atom is 0.0597 e. The van der Waals surface area contributed by atoms with E-state index in [1.165, 1.54) is 11.3 Å². The lowest BCUT2D eigenvalue weighted by Gasteiger charge is -2.18. The SMILES string of the molecule is C=C(CC)CC(NCC)c1cc(C)nn1C. The summed E-state index contributed by atoms with van der Waals surface area (Å²) in [4.78, 5) is 0. The molecular formula is C13H23N3. The lowest BCUT2D eigenvalue weighted by Crippen LogP contribution is -2.23. The van der Waals surface area contributed by atoms with E-state index in [0.717, 1.165) is 25.1 Å². The van der Waals surface area contributed by atoms with Crippen molar-refractivity contribution in [2.75, 3.05) is 6.54 Å². The van der Waals surface area contributed by atoms with Crippen molar-refractivity contribution in [3.05, 3.63) is 29.6 Å². The quantitative estimate of drug-likeness (QED) is 0.749. The average molecular weight is 221 g/mol. The third kappa shape index (κ3) is 3.20. The monoisotopic (exact) mass is 221 g/mol. The van der Waals surface area contributed by atoms with E-state index in [9.17, 15) is 0 Å². The van der Waals surface area contributed by atoms with Crippen molar-refractivity contribution >= 4 is 0 Å². The predicted molar refractivity (Wildman–Crippen MR) is 68.4 cm³/mol. The minimum absolute atomic E-state index is 0.337. The molecule has 90 valence electrons. The second-order valence-electron chi connectivity index (χ2n) is 4.25. The van der Waals surface area contributed by atoms with Crippen molar-refractivity contribution in [3.8, 4) is 0 Å². The van der Waals surface area contributed by atoms with Crippen molar-refractivity contribution in [3.63, 3.8) is 0 Å². The number of aromatic nitrogens is 2. The molecule has 3 nitrogen and oxygen atoms in total. The molecule has 0 fully saturated rings. The lowest BCUT2D eigenvalue weighted by molar-refractivity contribution is 0.502. The highest BCUT2D eigenvalue weighted by Crippen LogP contribution is 2.22. The first-order valence-electron chi connectivity index (χ1n) is 5.99. The zero-order valence-corrected chi connectivity index (χ0v) is 10.9. The fourth-order valence-corrected chi connectivity index (χ4v) is 1.92. The van der Waals surface area contributed by atoms with Crippen molar-refractivity contribution in [1.29, 1.82) is 0 Å². The molecule has 0 saturated heterocycles. The maximum atomic E-state index is 4.39. The van der Waals surface area contributed by atoms with Crippen molar-refractivity contribution in [2.45, 2.75) is 39.7 Å². The number of nitrogens with zero attached hydrogens (tertiary/aromatic N) is 2. The van der Waals surface area contributed by atoms with Gasteiger partial charge in [-0.3, -0.25) is 4.68 Å². The minimum Gasteiger partial charge on any atom is -0.309 e. The summed E-state index contributed by atoms with van der Waals surface area (Å²) in [7, 11) is 2.00. The summed E-state index contributed by atoms with van der Waals surface area (Å²) >= 11 is 0. The molecule has 1 rings (SSSR count). The molecule has 16 heavy (non-hydrogen) atoms. The molecule has 1 N–H and O–H groups in total. The molecule has 0 saturated carbocycles. The van der Waals surface area contributed by atoms with E-state index in [1.54, 1.807) is 0 Å². The smallest absolute Gasteiger partial charge is 0.0597 e. The molecule has 0 radical (unpaired) electrons. The molecule has 0 spiro atoms. The Morgan fingerprint density at radius 2 is 2.25 bits per heavy atom. The van der Waals surface area contributed by atoms with Gasteiger partial charge < -0.3 is 5.32 Å². The first kappa shape index (κ1) is 13.0. The second kappa shape index (κ2) is 5.85. The van der Waals surface area contributed by atoms with Crippen molar-refractivity contribution in [2.24, 2.45) is 7.05 Å². The average Bonchev–Trinajstić information content (AvgIpc) is 2.57. The highest BCUT2D eigenvalue weighted by atomic mass is 15.3. The maximum absolute atomic E-state index is 4.39. The van der Waals surface area contributed by atoms with E-state index in [0.29, 0.717) is 6.04 Å². The van der Waals surface area contributed by atoms with Gasteiger partial charge in [-0.15, -0.1) is 0 Å². The third-order valence-corrected chi connectivity index (χ3v) is 2.84. The molecule has 0 amide bonds. The van der Waals surface area contributed by atoms with E-state index in [2.05, 4.69) is 36.9 Å². The van der Waals surface area contributed by atoms with Gasteiger partial charge >= 0.3 is 0 Å². The number of hydrogen-bond acceptors (Lipinski definition) is 2. The summed E-state index contributed by atoms with van der Waals surface area (Å²) < 4.78 is 1.96. The van der Waals surface area contributed by atoms with Gasteiger partial charge in [0.2, 0.25) is 0 Å². The van der Waals surface area contributed by atoms with E-state index >= 15 is 0 Å². The van der Waals surface area contributed by atoms with Crippen LogP contribution in [0.1, 0.15) is 44.1 Å². The molecular weight excluding hydrogens is 198 g/mol. The normalized spacial score (nSPS) is 12.8. The van der Waals surface area contributed by atoms with Gasteiger partial charge in [-0.25, -0.2) is 0 Å². The molecule has 1 aromatic heterocycles. The molecule has 1 unspecified atom stereocenters. The van der Waals surface area contributed by atoms with Crippen molar-refractivity contribution < 1.29 is 0 Å². The molecule has 0 aliphatic carbocycles. The Bertz CT molecular complexity index is 352. The summed E-state index contributed by atoms with van der Waals surface area (Å²) in [5, 5.41) is 7.89. The van der Waals surface area contributed by atoms with Crippen molar-refractivity contribution in [1.82, 2.24) is 15.1 Å². The molecule has 0 aliphatic heterocycles. The summed E-state index contributed by atoms with van der Waals surface area (Å²) in [5.41, 5.74) is 3.60. The largest absolute Gasteiger partial charge is 0.309 e. The Morgan fingerprint density at radius 3 is 2.69 bits per heavy atom. The van der Waals surface area contributed by atoms with Crippen LogP contribution in [0.25, 0.3) is 0 Å². The highest BCUT2D eigenvalue weighted by Gasteiger charge is 2.15. The van der Waals surface area contributed by atoms with Gasteiger partial charge in [0.15, 0.2) is 0 Å². The van der Waals surface area contributed by atoms with Crippen LogP contribution in [-0.4, -0.2) is 16.3 Å². The Hall–Kier alpha value is -1.09. The number of nitrogens with one attached hydrogen (secondary N) is 1. The van der Waals surface area contributed by atoms with Gasteiger partial charge in [-0.1, -0.05) is 26.0 Å². The Morgan fingerprint density at radius 1 is 1.56 bits per heavy atom. The molecule has 1 heterocycles. The highest BCUT2D eigenvalue weighted by molar-refractivity contribution is 5.15. The van der Waals surface area contributed by atoms with Gasteiger partial charge in [0.25, 0.3) is 0 Å². The summed E-state index contributed by atoms with van der Waals surface area (Å²) in [5.74, 6) is 0. The van der Waals surface area contributed by atoms with Crippen LogP contribution < -0.4 is 5.32 Å². The molecule has 0 bridgehead atoms. The van der Waals surface area contributed by atoms with Gasteiger partial charge in [0, 0.05) is 7.05 Å². The van der Waals surface area contributed by atoms with Crippen LogP contribution in [-0.2, 0) is 7.05 Å². The predicted octanol–water partition coefficient (Wildman–Crippen LogP) is 2.74. The third-order valence-electron chi connectivity index (χ3n) is 2.84. The topological polar surface area (TPSA) is 29.9 Å². The zero-order valence-electron chi connectivity index (χ0n) is 10.9. The lowest BCUT2D eigenvalue weighted by atomic mass is 10.0. The summed E-state index contributed by atoms with van der Waals surface area (Å²) in [6.45, 7) is 11.4. The Labute approximate surface area is 98.5 Å². The summed E-state index contributed by atoms with van der Waals surface area (Å²) in [6.07, 6.45) is 2.03. The van der Waals surface area contributed by atoms with Gasteiger partial charge in [0.1, 0.15) is 0 Å². The molecule has 3 heteroatoms. The van der Waals surface area contributed by atoms with Crippen LogP contribution in [0.4, 0.5) is 0 Å².